The van der Waals surface area contributed by atoms with E-state index in [0.29, 0.717) is 11.7 Å². The van der Waals surface area contributed by atoms with Gasteiger partial charge in [0.25, 0.3) is 0 Å². The van der Waals surface area contributed by atoms with Crippen molar-refractivity contribution in [2.45, 2.75) is 50.3 Å². The first-order valence-electron chi connectivity index (χ1n) is 8.41. The van der Waals surface area contributed by atoms with E-state index in [2.05, 4.69) is 5.32 Å². The highest BCUT2D eigenvalue weighted by atomic mass is 32.2. The molecular weight excluding hydrogens is 327 g/mol. The van der Waals surface area contributed by atoms with Crippen molar-refractivity contribution in [2.75, 3.05) is 18.1 Å². The van der Waals surface area contributed by atoms with Gasteiger partial charge in [-0.05, 0) is 44.0 Å². The third-order valence-corrected chi connectivity index (χ3v) is 5.54. The van der Waals surface area contributed by atoms with Crippen LogP contribution in [-0.2, 0) is 9.59 Å². The fraction of sp³-hybridized carbons (Fsp3) is 0.556. The van der Waals surface area contributed by atoms with Gasteiger partial charge in [0, 0.05) is 18.8 Å². The molecular formula is C18H25FN2O2S. The second-order valence-corrected chi connectivity index (χ2v) is 7.58. The third kappa shape index (κ3) is 5.51. The Morgan fingerprint density at radius 3 is 2.50 bits per heavy atom. The Balaban J connectivity index is 1.76. The van der Waals surface area contributed by atoms with Gasteiger partial charge >= 0.3 is 0 Å². The zero-order chi connectivity index (χ0) is 17.5. The maximum atomic E-state index is 12.8. The predicted octanol–water partition coefficient (Wildman–Crippen LogP) is 3.68. The van der Waals surface area contributed by atoms with Gasteiger partial charge in [0.05, 0.1) is 11.0 Å². The molecule has 4 nitrogen and oxygen atoms in total. The summed E-state index contributed by atoms with van der Waals surface area (Å²) < 4.78 is 12.8. The Hall–Kier alpha value is -1.56. The van der Waals surface area contributed by atoms with Crippen LogP contribution in [0.15, 0.2) is 24.3 Å². The molecule has 1 aromatic rings. The van der Waals surface area contributed by atoms with Gasteiger partial charge in [-0.15, -0.1) is 11.8 Å². The molecule has 24 heavy (non-hydrogen) atoms. The molecule has 1 aliphatic rings. The van der Waals surface area contributed by atoms with Gasteiger partial charge in [0.1, 0.15) is 5.82 Å². The van der Waals surface area contributed by atoms with E-state index in [1.54, 1.807) is 0 Å². The lowest BCUT2D eigenvalue weighted by Crippen LogP contribution is -2.42. The van der Waals surface area contributed by atoms with E-state index >= 15 is 0 Å². The Kier molecular flexibility index (Phi) is 7.09. The van der Waals surface area contributed by atoms with Gasteiger partial charge in [-0.1, -0.05) is 19.3 Å². The van der Waals surface area contributed by atoms with Crippen molar-refractivity contribution >= 4 is 29.3 Å². The summed E-state index contributed by atoms with van der Waals surface area (Å²) in [5, 5.41) is 2.45. The first-order valence-corrected chi connectivity index (χ1v) is 9.46. The van der Waals surface area contributed by atoms with Crippen LogP contribution in [0, 0.1) is 5.82 Å². The van der Waals surface area contributed by atoms with Crippen LogP contribution in [0.2, 0.25) is 0 Å². The minimum absolute atomic E-state index is 0.0847. The molecule has 6 heteroatoms. The van der Waals surface area contributed by atoms with Crippen LogP contribution in [0.1, 0.15) is 39.0 Å². The highest BCUT2D eigenvalue weighted by Crippen LogP contribution is 2.24. The van der Waals surface area contributed by atoms with Crippen molar-refractivity contribution in [3.05, 3.63) is 30.1 Å². The zero-order valence-corrected chi connectivity index (χ0v) is 15.1. The van der Waals surface area contributed by atoms with Crippen LogP contribution in [0.3, 0.4) is 0 Å². The average molecular weight is 352 g/mol. The monoisotopic (exact) mass is 352 g/mol. The lowest BCUT2D eigenvalue weighted by Gasteiger charge is -2.32. The number of hydrogen-bond acceptors (Lipinski definition) is 3. The first-order chi connectivity index (χ1) is 11.5. The minimum atomic E-state index is -0.340. The van der Waals surface area contributed by atoms with Crippen LogP contribution in [-0.4, -0.2) is 40.8 Å². The molecule has 0 heterocycles. The smallest absolute Gasteiger partial charge is 0.235 e. The molecule has 0 saturated heterocycles. The molecule has 0 radical (unpaired) electrons. The molecule has 1 unspecified atom stereocenters. The highest BCUT2D eigenvalue weighted by Gasteiger charge is 2.26. The van der Waals surface area contributed by atoms with E-state index in [1.165, 1.54) is 55.3 Å². The van der Waals surface area contributed by atoms with E-state index in [4.69, 9.17) is 0 Å². The number of benzene rings is 1. The summed E-state index contributed by atoms with van der Waals surface area (Å²) in [6.45, 7) is 1.84. The zero-order valence-electron chi connectivity index (χ0n) is 14.3. The van der Waals surface area contributed by atoms with Crippen LogP contribution < -0.4 is 5.32 Å². The second kappa shape index (κ2) is 9.06. The number of carbonyl (C=O) groups excluding carboxylic acids is 2. The Labute approximate surface area is 147 Å². The van der Waals surface area contributed by atoms with Crippen molar-refractivity contribution in [1.29, 1.82) is 0 Å². The first kappa shape index (κ1) is 18.8. The summed E-state index contributed by atoms with van der Waals surface area (Å²) in [5.74, 6) is -0.247. The van der Waals surface area contributed by atoms with E-state index in [0.717, 1.165) is 12.8 Å². The van der Waals surface area contributed by atoms with Crippen LogP contribution in [0.25, 0.3) is 0 Å². The number of thioether (sulfide) groups is 1. The summed E-state index contributed by atoms with van der Waals surface area (Å²) in [6, 6.07) is 5.97. The lowest BCUT2D eigenvalue weighted by molar-refractivity contribution is -0.131. The van der Waals surface area contributed by atoms with Crippen LogP contribution in [0.5, 0.6) is 0 Å². The van der Waals surface area contributed by atoms with E-state index in [-0.39, 0.29) is 28.6 Å². The van der Waals surface area contributed by atoms with Crippen LogP contribution >= 0.6 is 11.8 Å². The second-order valence-electron chi connectivity index (χ2n) is 6.25. The van der Waals surface area contributed by atoms with Gasteiger partial charge < -0.3 is 10.2 Å². The topological polar surface area (TPSA) is 49.4 Å². The number of amides is 2. The average Bonchev–Trinajstić information content (AvgIpc) is 2.61. The molecule has 0 aromatic heterocycles. The largest absolute Gasteiger partial charge is 0.342 e. The van der Waals surface area contributed by atoms with Crippen molar-refractivity contribution < 1.29 is 14.0 Å². The molecule has 2 rings (SSSR count). The van der Waals surface area contributed by atoms with Crippen molar-refractivity contribution in [3.63, 3.8) is 0 Å². The molecule has 0 bridgehead atoms. The number of halogens is 1. The molecule has 0 spiro atoms. The third-order valence-electron chi connectivity index (χ3n) is 4.41. The van der Waals surface area contributed by atoms with E-state index < -0.39 is 0 Å². The van der Waals surface area contributed by atoms with Crippen molar-refractivity contribution in [1.82, 2.24) is 4.90 Å². The number of hydrogen-bond donors (Lipinski definition) is 1. The van der Waals surface area contributed by atoms with Gasteiger partial charge in [0.15, 0.2) is 0 Å². The SMILES string of the molecule is CC(SCC(=O)Nc1ccc(F)cc1)C(=O)N(C)C1CCCCC1. The maximum Gasteiger partial charge on any atom is 0.235 e. The summed E-state index contributed by atoms with van der Waals surface area (Å²) in [4.78, 5) is 26.3. The summed E-state index contributed by atoms with van der Waals surface area (Å²) >= 11 is 1.33. The fourth-order valence-electron chi connectivity index (χ4n) is 2.94. The molecule has 0 aliphatic heterocycles. The Morgan fingerprint density at radius 2 is 1.88 bits per heavy atom. The summed E-state index contributed by atoms with van der Waals surface area (Å²) in [5.41, 5.74) is 0.556. The number of nitrogens with one attached hydrogen (secondary N) is 1. The molecule has 1 fully saturated rings. The van der Waals surface area contributed by atoms with Gasteiger partial charge in [-0.3, -0.25) is 9.59 Å². The van der Waals surface area contributed by atoms with Gasteiger partial charge in [0.2, 0.25) is 11.8 Å². The standard InChI is InChI=1S/C18H25FN2O2S/c1-13(18(23)21(2)16-6-4-3-5-7-16)24-12-17(22)20-15-10-8-14(19)9-11-15/h8-11,13,16H,3-7,12H2,1-2H3,(H,20,22). The normalized spacial score (nSPS) is 16.5. The number of anilines is 1. The summed E-state index contributed by atoms with van der Waals surface area (Å²) in [6.07, 6.45) is 5.77. The molecule has 1 N–H and O–H groups in total. The molecule has 2 amide bonds. The maximum absolute atomic E-state index is 12.8. The summed E-state index contributed by atoms with van der Waals surface area (Å²) in [7, 11) is 1.87. The fourth-order valence-corrected chi connectivity index (χ4v) is 3.72. The van der Waals surface area contributed by atoms with Crippen LogP contribution in [0.4, 0.5) is 10.1 Å². The number of rotatable bonds is 6. The van der Waals surface area contributed by atoms with Gasteiger partial charge in [-0.25, -0.2) is 4.39 Å². The molecule has 1 aliphatic carbocycles. The van der Waals surface area contributed by atoms with Gasteiger partial charge in [-0.2, -0.15) is 0 Å². The van der Waals surface area contributed by atoms with Crippen molar-refractivity contribution in [3.8, 4) is 0 Å². The quantitative estimate of drug-likeness (QED) is 0.850. The molecule has 1 atom stereocenters. The Bertz CT molecular complexity index is 559. The predicted molar refractivity (Wildman–Crippen MR) is 96.6 cm³/mol. The number of carbonyl (C=O) groups is 2. The number of nitrogens with zero attached hydrogens (tertiary/aromatic N) is 1. The Morgan fingerprint density at radius 1 is 1.25 bits per heavy atom. The minimum Gasteiger partial charge on any atom is -0.342 e. The highest BCUT2D eigenvalue weighted by molar-refractivity contribution is 8.01. The van der Waals surface area contributed by atoms with E-state index in [9.17, 15) is 14.0 Å². The lowest BCUT2D eigenvalue weighted by atomic mass is 9.94. The van der Waals surface area contributed by atoms with E-state index in [1.807, 2.05) is 18.9 Å². The molecule has 1 saturated carbocycles. The molecule has 132 valence electrons. The van der Waals surface area contributed by atoms with Crippen molar-refractivity contribution in [2.24, 2.45) is 0 Å². The molecule has 1 aromatic carbocycles.